The minimum absolute atomic E-state index is 0.0570. The fourth-order valence-electron chi connectivity index (χ4n) is 2.88. The zero-order chi connectivity index (χ0) is 11.2. The van der Waals surface area contributed by atoms with Gasteiger partial charge >= 0.3 is 5.97 Å². The highest BCUT2D eigenvalue weighted by Crippen LogP contribution is 2.58. The van der Waals surface area contributed by atoms with E-state index in [0.29, 0.717) is 0 Å². The van der Waals surface area contributed by atoms with Gasteiger partial charge in [0.05, 0.1) is 17.7 Å². The smallest absolute Gasteiger partial charge is 0.307 e. The van der Waals surface area contributed by atoms with Crippen LogP contribution in [0.3, 0.4) is 0 Å². The number of carboxylic acid groups (broad SMARTS) is 1. The van der Waals surface area contributed by atoms with Gasteiger partial charge in [-0.2, -0.15) is 0 Å². The summed E-state index contributed by atoms with van der Waals surface area (Å²) in [6.45, 7) is 0.776. The average molecular weight is 218 g/mol. The third kappa shape index (κ3) is 1.12. The lowest BCUT2D eigenvalue weighted by Gasteiger charge is -2.59. The van der Waals surface area contributed by atoms with Crippen LogP contribution in [0.2, 0.25) is 0 Å². The molecule has 0 amide bonds. The summed E-state index contributed by atoms with van der Waals surface area (Å²) in [5, 5.41) is 12.4. The minimum Gasteiger partial charge on any atom is -0.481 e. The largest absolute Gasteiger partial charge is 0.481 e. The minimum atomic E-state index is -0.684. The molecule has 2 heterocycles. The predicted octanol–water partition coefficient (Wildman–Crippen LogP) is 0.402. The molecule has 1 aromatic heterocycles. The normalized spacial score (nSPS) is 36.5. The topological polar surface area (TPSA) is 75.1 Å². The Morgan fingerprint density at radius 1 is 1.69 bits per heavy atom. The highest BCUT2D eigenvalue weighted by molar-refractivity contribution is 5.73. The highest BCUT2D eigenvalue weighted by atomic mass is 16.4. The van der Waals surface area contributed by atoms with Gasteiger partial charge in [-0.1, -0.05) is 0 Å². The molecule has 1 radical (unpaired) electrons. The van der Waals surface area contributed by atoms with Gasteiger partial charge in [0.25, 0.3) is 0 Å². The van der Waals surface area contributed by atoms with Crippen LogP contribution in [0.25, 0.3) is 0 Å². The number of carboxylic acids is 1. The number of aromatic nitrogens is 2. The fourth-order valence-corrected chi connectivity index (χ4v) is 2.88. The summed E-state index contributed by atoms with van der Waals surface area (Å²) in [4.78, 5) is 18.9. The number of hydrogen-bond acceptors (Lipinski definition) is 4. The van der Waals surface area contributed by atoms with Crippen molar-refractivity contribution in [3.63, 3.8) is 0 Å². The summed E-state index contributed by atoms with van der Waals surface area (Å²) in [7, 11) is 0. The lowest BCUT2D eigenvalue weighted by Crippen LogP contribution is -2.66. The van der Waals surface area contributed by atoms with Crippen molar-refractivity contribution in [1.82, 2.24) is 15.3 Å². The maximum Gasteiger partial charge on any atom is 0.307 e. The fraction of sp³-hybridized carbons (Fsp3) is 0.545. The third-order valence-electron chi connectivity index (χ3n) is 3.95. The number of nitrogens with one attached hydrogen (secondary N) is 1. The Kier molecular flexibility index (Phi) is 1.97. The van der Waals surface area contributed by atoms with Crippen LogP contribution in [-0.4, -0.2) is 27.6 Å². The van der Waals surface area contributed by atoms with Gasteiger partial charge in [-0.25, -0.2) is 9.97 Å². The van der Waals surface area contributed by atoms with Gasteiger partial charge in [0.15, 0.2) is 6.33 Å². The molecule has 0 bridgehead atoms. The van der Waals surface area contributed by atoms with Crippen LogP contribution in [0, 0.1) is 17.7 Å². The van der Waals surface area contributed by atoms with Crippen molar-refractivity contribution in [2.45, 2.75) is 18.9 Å². The third-order valence-corrected chi connectivity index (χ3v) is 3.95. The number of aliphatic carboxylic acids is 1. The second-order valence-electron chi connectivity index (χ2n) is 4.56. The quantitative estimate of drug-likeness (QED) is 0.751. The highest BCUT2D eigenvalue weighted by Gasteiger charge is 2.61. The van der Waals surface area contributed by atoms with E-state index >= 15 is 0 Å². The molecule has 83 valence electrons. The maximum absolute atomic E-state index is 11.1. The van der Waals surface area contributed by atoms with Gasteiger partial charge in [-0.15, -0.1) is 0 Å². The van der Waals surface area contributed by atoms with Crippen LogP contribution in [0.5, 0.6) is 0 Å². The summed E-state index contributed by atoms with van der Waals surface area (Å²) < 4.78 is 0. The molecule has 5 heteroatoms. The standard InChI is InChI=1S/C11H12N3O2/c15-10(16)7-1-3-11(7)5-13-9(11)8-2-4-12-6-14-8/h2,4,7,9,13H,1,3,5H2,(H,15,16). The Labute approximate surface area is 92.9 Å². The molecule has 3 rings (SSSR count). The van der Waals surface area contributed by atoms with E-state index in [4.69, 9.17) is 5.11 Å². The molecular formula is C11H12N3O2. The van der Waals surface area contributed by atoms with Gasteiger partial charge in [0.1, 0.15) is 0 Å². The van der Waals surface area contributed by atoms with E-state index in [-0.39, 0.29) is 17.4 Å². The molecule has 1 aromatic rings. The molecule has 2 fully saturated rings. The van der Waals surface area contributed by atoms with Crippen LogP contribution in [0.1, 0.15) is 24.6 Å². The zero-order valence-corrected chi connectivity index (χ0v) is 8.68. The van der Waals surface area contributed by atoms with E-state index in [1.807, 2.05) is 6.07 Å². The van der Waals surface area contributed by atoms with Crippen molar-refractivity contribution in [1.29, 1.82) is 0 Å². The molecule has 1 saturated carbocycles. The van der Waals surface area contributed by atoms with Crippen LogP contribution < -0.4 is 5.32 Å². The second-order valence-corrected chi connectivity index (χ2v) is 4.56. The molecule has 1 saturated heterocycles. The van der Waals surface area contributed by atoms with Gasteiger partial charge in [0, 0.05) is 18.2 Å². The Hall–Kier alpha value is -1.49. The number of hydrogen-bond donors (Lipinski definition) is 2. The number of nitrogens with zero attached hydrogens (tertiary/aromatic N) is 2. The first-order valence-corrected chi connectivity index (χ1v) is 5.39. The summed E-state index contributed by atoms with van der Waals surface area (Å²) in [6, 6.07) is 1.88. The summed E-state index contributed by atoms with van der Waals surface area (Å²) in [6.07, 6.45) is 5.94. The van der Waals surface area contributed by atoms with Gasteiger partial charge < -0.3 is 10.4 Å². The number of rotatable bonds is 2. The molecule has 3 atom stereocenters. The van der Waals surface area contributed by atoms with E-state index < -0.39 is 5.97 Å². The molecule has 3 unspecified atom stereocenters. The SMILES string of the molecule is O=C(O)C1CCC12CNC2c1ccn[c]n1. The lowest BCUT2D eigenvalue weighted by molar-refractivity contribution is -0.165. The zero-order valence-electron chi connectivity index (χ0n) is 8.68. The first kappa shape index (κ1) is 9.72. The van der Waals surface area contributed by atoms with Gasteiger partial charge in [-0.05, 0) is 18.9 Å². The molecule has 16 heavy (non-hydrogen) atoms. The summed E-state index contributed by atoms with van der Waals surface area (Å²) in [5.74, 6) is -0.912. The molecule has 2 N–H and O–H groups in total. The molecule has 1 aliphatic carbocycles. The van der Waals surface area contributed by atoms with Crippen molar-refractivity contribution in [2.24, 2.45) is 11.3 Å². The van der Waals surface area contributed by atoms with Gasteiger partial charge in [0.2, 0.25) is 0 Å². The predicted molar refractivity (Wildman–Crippen MR) is 54.4 cm³/mol. The first-order chi connectivity index (χ1) is 7.74. The van der Waals surface area contributed by atoms with Crippen molar-refractivity contribution in [3.8, 4) is 0 Å². The van der Waals surface area contributed by atoms with E-state index in [1.54, 1.807) is 6.20 Å². The Balaban J connectivity index is 1.87. The van der Waals surface area contributed by atoms with E-state index in [0.717, 1.165) is 25.1 Å². The average Bonchev–Trinajstić information content (AvgIpc) is 2.15. The van der Waals surface area contributed by atoms with Crippen molar-refractivity contribution in [3.05, 3.63) is 24.3 Å². The lowest BCUT2D eigenvalue weighted by atomic mass is 9.51. The first-order valence-electron chi connectivity index (χ1n) is 5.39. The van der Waals surface area contributed by atoms with Crippen LogP contribution >= 0.6 is 0 Å². The Morgan fingerprint density at radius 2 is 2.56 bits per heavy atom. The molecule has 0 aromatic carbocycles. The molecule has 1 spiro atoms. The van der Waals surface area contributed by atoms with Crippen LogP contribution in [0.15, 0.2) is 12.3 Å². The van der Waals surface area contributed by atoms with Crippen molar-refractivity contribution in [2.75, 3.05) is 6.54 Å². The Morgan fingerprint density at radius 3 is 3.00 bits per heavy atom. The summed E-state index contributed by atoms with van der Waals surface area (Å²) >= 11 is 0. The monoisotopic (exact) mass is 218 g/mol. The van der Waals surface area contributed by atoms with Gasteiger partial charge in [-0.3, -0.25) is 4.79 Å². The molecule has 2 aliphatic rings. The summed E-state index contributed by atoms with van der Waals surface area (Å²) in [5.41, 5.74) is 0.737. The van der Waals surface area contributed by atoms with Crippen molar-refractivity contribution < 1.29 is 9.90 Å². The van der Waals surface area contributed by atoms with E-state index in [1.165, 1.54) is 0 Å². The maximum atomic E-state index is 11.1. The Bertz CT molecular complexity index is 418. The number of carbonyl (C=O) groups is 1. The van der Waals surface area contributed by atoms with Crippen LogP contribution in [-0.2, 0) is 4.79 Å². The molecule has 1 aliphatic heterocycles. The van der Waals surface area contributed by atoms with E-state index in [2.05, 4.69) is 21.6 Å². The molecule has 5 nitrogen and oxygen atoms in total. The second kappa shape index (κ2) is 3.25. The van der Waals surface area contributed by atoms with E-state index in [9.17, 15) is 4.79 Å². The van der Waals surface area contributed by atoms with Crippen LogP contribution in [0.4, 0.5) is 0 Å². The molecular weight excluding hydrogens is 206 g/mol. The van der Waals surface area contributed by atoms with Crippen molar-refractivity contribution >= 4 is 5.97 Å².